The Bertz CT molecular complexity index is 577. The van der Waals surface area contributed by atoms with Crippen molar-refractivity contribution in [3.8, 4) is 0 Å². The quantitative estimate of drug-likeness (QED) is 0.763. The van der Waals surface area contributed by atoms with Crippen molar-refractivity contribution in [1.29, 1.82) is 0 Å². The van der Waals surface area contributed by atoms with Crippen molar-refractivity contribution >= 4 is 17.8 Å². The van der Waals surface area contributed by atoms with E-state index in [1.807, 2.05) is 4.90 Å². The van der Waals surface area contributed by atoms with Crippen molar-refractivity contribution in [2.45, 2.75) is 57.0 Å². The molecule has 4 aliphatic rings. The number of piperidine rings is 1. The van der Waals surface area contributed by atoms with E-state index < -0.39 is 11.6 Å². The van der Waals surface area contributed by atoms with Gasteiger partial charge in [-0.05, 0) is 64.5 Å². The number of rotatable bonds is 4. The lowest BCUT2D eigenvalue weighted by atomic mass is 9.96. The summed E-state index contributed by atoms with van der Waals surface area (Å²) in [6.07, 6.45) is 6.48. The second-order valence-corrected chi connectivity index (χ2v) is 8.15. The number of hydrogen-bond acceptors (Lipinski definition) is 4. The Labute approximate surface area is 148 Å². The number of amides is 4. The van der Waals surface area contributed by atoms with Crippen molar-refractivity contribution in [2.75, 3.05) is 32.7 Å². The summed E-state index contributed by atoms with van der Waals surface area (Å²) in [7, 11) is 0. The molecule has 7 heteroatoms. The van der Waals surface area contributed by atoms with E-state index in [9.17, 15) is 14.4 Å². The minimum absolute atomic E-state index is 0.108. The monoisotopic (exact) mass is 348 g/mol. The van der Waals surface area contributed by atoms with E-state index in [-0.39, 0.29) is 24.3 Å². The smallest absolute Gasteiger partial charge is 0.325 e. The number of urea groups is 1. The van der Waals surface area contributed by atoms with Crippen LogP contribution in [0.5, 0.6) is 0 Å². The van der Waals surface area contributed by atoms with Gasteiger partial charge in [-0.15, -0.1) is 0 Å². The van der Waals surface area contributed by atoms with Crippen LogP contribution in [-0.4, -0.2) is 76.8 Å². The Kier molecular flexibility index (Phi) is 4.22. The lowest BCUT2D eigenvalue weighted by molar-refractivity contribution is -0.140. The molecule has 0 aromatic rings. The van der Waals surface area contributed by atoms with Crippen molar-refractivity contribution < 1.29 is 14.4 Å². The molecule has 7 nitrogen and oxygen atoms in total. The Morgan fingerprint density at radius 1 is 1.08 bits per heavy atom. The van der Waals surface area contributed by atoms with E-state index in [0.29, 0.717) is 6.04 Å². The maximum atomic E-state index is 12.6. The number of carbonyl (C=O) groups is 3. The zero-order valence-corrected chi connectivity index (χ0v) is 15.0. The second kappa shape index (κ2) is 6.27. The van der Waals surface area contributed by atoms with Gasteiger partial charge in [-0.25, -0.2) is 4.79 Å². The molecule has 0 aromatic carbocycles. The maximum Gasteiger partial charge on any atom is 0.325 e. The number of carbonyl (C=O) groups excluding carboxylic acids is 3. The SMILES string of the molecule is CC1(C2CC2)NC(=O)N(CC(=O)N2CCC(N3CCCC3)CC2)C1=O. The van der Waals surface area contributed by atoms with Gasteiger partial charge in [0.1, 0.15) is 12.1 Å². The number of nitrogens with zero attached hydrogens (tertiary/aromatic N) is 3. The van der Waals surface area contributed by atoms with Crippen LogP contribution in [0.25, 0.3) is 0 Å². The molecule has 3 heterocycles. The van der Waals surface area contributed by atoms with Crippen LogP contribution in [0.15, 0.2) is 0 Å². The van der Waals surface area contributed by atoms with Crippen molar-refractivity contribution in [2.24, 2.45) is 5.92 Å². The molecule has 1 unspecified atom stereocenters. The van der Waals surface area contributed by atoms with Crippen LogP contribution >= 0.6 is 0 Å². The molecule has 1 N–H and O–H groups in total. The fourth-order valence-electron chi connectivity index (χ4n) is 4.62. The Morgan fingerprint density at radius 3 is 2.32 bits per heavy atom. The molecule has 1 aliphatic carbocycles. The van der Waals surface area contributed by atoms with Crippen LogP contribution in [0.1, 0.15) is 45.4 Å². The highest BCUT2D eigenvalue weighted by Gasteiger charge is 2.56. The third kappa shape index (κ3) is 3.03. The van der Waals surface area contributed by atoms with Gasteiger partial charge in [0.25, 0.3) is 5.91 Å². The molecule has 25 heavy (non-hydrogen) atoms. The minimum Gasteiger partial charge on any atom is -0.341 e. The molecule has 138 valence electrons. The van der Waals surface area contributed by atoms with Crippen molar-refractivity contribution in [1.82, 2.24) is 20.0 Å². The standard InChI is InChI=1S/C18H28N4O3/c1-18(13-4-5-13)16(24)22(17(25)19-18)12-15(23)21-10-6-14(7-11-21)20-8-2-3-9-20/h13-14H,2-12H2,1H3,(H,19,25). The minimum atomic E-state index is -0.805. The van der Waals surface area contributed by atoms with E-state index in [1.54, 1.807) is 6.92 Å². The van der Waals surface area contributed by atoms with Crippen LogP contribution in [0, 0.1) is 5.92 Å². The Morgan fingerprint density at radius 2 is 1.72 bits per heavy atom. The van der Waals surface area contributed by atoms with Gasteiger partial charge >= 0.3 is 6.03 Å². The van der Waals surface area contributed by atoms with Crippen LogP contribution in [-0.2, 0) is 9.59 Å². The first-order valence-electron chi connectivity index (χ1n) is 9.65. The van der Waals surface area contributed by atoms with E-state index in [0.717, 1.165) is 43.7 Å². The summed E-state index contributed by atoms with van der Waals surface area (Å²) in [5, 5.41) is 2.80. The molecule has 3 saturated heterocycles. The molecule has 3 aliphatic heterocycles. The molecule has 4 rings (SSSR count). The molecule has 0 spiro atoms. The molecule has 0 bridgehead atoms. The summed E-state index contributed by atoms with van der Waals surface area (Å²) >= 11 is 0. The molecule has 4 amide bonds. The van der Waals surface area contributed by atoms with E-state index in [1.165, 1.54) is 25.9 Å². The molecule has 0 aromatic heterocycles. The number of nitrogens with one attached hydrogen (secondary N) is 1. The largest absolute Gasteiger partial charge is 0.341 e. The Balaban J connectivity index is 1.32. The fraction of sp³-hybridized carbons (Fsp3) is 0.833. The third-order valence-electron chi connectivity index (χ3n) is 6.46. The first-order valence-corrected chi connectivity index (χ1v) is 9.65. The second-order valence-electron chi connectivity index (χ2n) is 8.15. The first-order chi connectivity index (χ1) is 12.0. The number of hydrogen-bond donors (Lipinski definition) is 1. The summed E-state index contributed by atoms with van der Waals surface area (Å²) < 4.78 is 0. The lowest BCUT2D eigenvalue weighted by Crippen LogP contribution is -2.50. The summed E-state index contributed by atoms with van der Waals surface area (Å²) in [4.78, 5) is 42.9. The van der Waals surface area contributed by atoms with Gasteiger partial charge in [-0.3, -0.25) is 14.5 Å². The van der Waals surface area contributed by atoms with Gasteiger partial charge in [0.05, 0.1) is 0 Å². The summed E-state index contributed by atoms with van der Waals surface area (Å²) in [6.45, 7) is 5.48. The average molecular weight is 348 g/mol. The molecule has 1 atom stereocenters. The number of imide groups is 1. The van der Waals surface area contributed by atoms with Gasteiger partial charge in [-0.2, -0.15) is 0 Å². The molecule has 4 fully saturated rings. The lowest BCUT2D eigenvalue weighted by Gasteiger charge is -2.37. The van der Waals surface area contributed by atoms with Gasteiger partial charge < -0.3 is 15.1 Å². The summed E-state index contributed by atoms with van der Waals surface area (Å²) in [5.74, 6) is -0.121. The van der Waals surface area contributed by atoms with E-state index >= 15 is 0 Å². The molecule has 1 saturated carbocycles. The van der Waals surface area contributed by atoms with Gasteiger partial charge in [-0.1, -0.05) is 0 Å². The van der Waals surface area contributed by atoms with Gasteiger partial charge in [0.15, 0.2) is 0 Å². The van der Waals surface area contributed by atoms with Crippen molar-refractivity contribution in [3.63, 3.8) is 0 Å². The average Bonchev–Trinajstić information content (AvgIpc) is 3.29. The highest BCUT2D eigenvalue weighted by atomic mass is 16.2. The van der Waals surface area contributed by atoms with Gasteiger partial charge in [0, 0.05) is 19.1 Å². The molecular weight excluding hydrogens is 320 g/mol. The third-order valence-corrected chi connectivity index (χ3v) is 6.46. The van der Waals surface area contributed by atoms with Crippen LogP contribution in [0.3, 0.4) is 0 Å². The fourth-order valence-corrected chi connectivity index (χ4v) is 4.62. The normalized spacial score (nSPS) is 31.7. The van der Waals surface area contributed by atoms with Gasteiger partial charge in [0.2, 0.25) is 5.91 Å². The Hall–Kier alpha value is -1.63. The highest BCUT2D eigenvalue weighted by molar-refractivity contribution is 6.09. The predicted molar refractivity (Wildman–Crippen MR) is 91.8 cm³/mol. The zero-order chi connectivity index (χ0) is 17.6. The van der Waals surface area contributed by atoms with Crippen molar-refractivity contribution in [3.05, 3.63) is 0 Å². The van der Waals surface area contributed by atoms with Crippen LogP contribution in [0.4, 0.5) is 4.79 Å². The molecule has 0 radical (unpaired) electrons. The number of likely N-dealkylation sites (tertiary alicyclic amines) is 2. The zero-order valence-electron chi connectivity index (χ0n) is 15.0. The topological polar surface area (TPSA) is 73.0 Å². The van der Waals surface area contributed by atoms with Crippen LogP contribution < -0.4 is 5.32 Å². The summed E-state index contributed by atoms with van der Waals surface area (Å²) in [6, 6.07) is 0.168. The first kappa shape index (κ1) is 16.8. The maximum absolute atomic E-state index is 12.6. The van der Waals surface area contributed by atoms with Crippen LogP contribution in [0.2, 0.25) is 0 Å². The molecular formula is C18H28N4O3. The summed E-state index contributed by atoms with van der Waals surface area (Å²) in [5.41, 5.74) is -0.805. The predicted octanol–water partition coefficient (Wildman–Crippen LogP) is 0.794. The van der Waals surface area contributed by atoms with E-state index in [2.05, 4.69) is 10.2 Å². The van der Waals surface area contributed by atoms with E-state index in [4.69, 9.17) is 0 Å². The highest BCUT2D eigenvalue weighted by Crippen LogP contribution is 2.42.